The first-order chi connectivity index (χ1) is 9.63. The van der Waals surface area contributed by atoms with Crippen LogP contribution in [-0.2, 0) is 0 Å². The predicted octanol–water partition coefficient (Wildman–Crippen LogP) is 4.32. The topological polar surface area (TPSA) is 45.8 Å². The molecular weight excluding hydrogens is 268 g/mol. The number of aromatic amines is 1. The van der Waals surface area contributed by atoms with Crippen molar-refractivity contribution in [2.45, 2.75) is 13.8 Å². The lowest BCUT2D eigenvalue weighted by molar-refractivity contribution is 0.101. The van der Waals surface area contributed by atoms with E-state index in [1.807, 2.05) is 23.7 Å². The van der Waals surface area contributed by atoms with Gasteiger partial charge in [-0.15, -0.1) is 11.3 Å². The van der Waals surface area contributed by atoms with Gasteiger partial charge in [0, 0.05) is 29.6 Å². The number of benzene rings is 1. The number of nitrogens with one attached hydrogen (secondary N) is 1. The Balaban J connectivity index is 1.95. The van der Waals surface area contributed by atoms with Crippen LogP contribution in [0.3, 0.4) is 0 Å². The van der Waals surface area contributed by atoms with Gasteiger partial charge >= 0.3 is 0 Å². The Hall–Kier alpha value is -2.20. The molecule has 0 saturated carbocycles. The number of ketones is 1. The lowest BCUT2D eigenvalue weighted by Gasteiger charge is -1.97. The van der Waals surface area contributed by atoms with Crippen molar-refractivity contribution >= 4 is 17.1 Å². The summed E-state index contributed by atoms with van der Waals surface area (Å²) in [6.45, 7) is 3.62. The number of Topliss-reactive ketones (excluding diaryl/α,β-unsaturated/α-hetero) is 1. The maximum atomic E-state index is 11.3. The van der Waals surface area contributed by atoms with Gasteiger partial charge < -0.3 is 4.98 Å². The minimum atomic E-state index is 0.0328. The van der Waals surface area contributed by atoms with E-state index >= 15 is 0 Å². The standard InChI is InChI=1S/C16H14N2OS/c1-10-4-3-5-12(6-10)16-18-15(9-20-16)13-7-14(11(2)19)17-8-13/h3-9,17H,1-2H3. The van der Waals surface area contributed by atoms with Crippen molar-refractivity contribution < 1.29 is 4.79 Å². The Kier molecular flexibility index (Phi) is 3.24. The SMILES string of the molecule is CC(=O)c1cc(-c2csc(-c3cccc(C)c3)n2)c[nH]1. The molecule has 0 atom stereocenters. The van der Waals surface area contributed by atoms with Gasteiger partial charge in [0.15, 0.2) is 5.78 Å². The zero-order chi connectivity index (χ0) is 14.1. The summed E-state index contributed by atoms with van der Waals surface area (Å²) >= 11 is 1.61. The summed E-state index contributed by atoms with van der Waals surface area (Å²) in [6, 6.07) is 10.1. The van der Waals surface area contributed by atoms with E-state index in [-0.39, 0.29) is 5.78 Å². The van der Waals surface area contributed by atoms with Crippen LogP contribution in [0.15, 0.2) is 41.9 Å². The van der Waals surface area contributed by atoms with Crippen molar-refractivity contribution in [3.05, 3.63) is 53.2 Å². The van der Waals surface area contributed by atoms with E-state index in [0.717, 1.165) is 21.8 Å². The van der Waals surface area contributed by atoms with E-state index in [2.05, 4.69) is 35.1 Å². The second kappa shape index (κ2) is 5.06. The lowest BCUT2D eigenvalue weighted by atomic mass is 10.1. The molecule has 1 aromatic carbocycles. The molecule has 0 saturated heterocycles. The smallest absolute Gasteiger partial charge is 0.175 e. The zero-order valence-electron chi connectivity index (χ0n) is 11.3. The lowest BCUT2D eigenvalue weighted by Crippen LogP contribution is -1.89. The van der Waals surface area contributed by atoms with E-state index in [9.17, 15) is 4.79 Å². The molecule has 20 heavy (non-hydrogen) atoms. The van der Waals surface area contributed by atoms with Gasteiger partial charge in [0.2, 0.25) is 0 Å². The van der Waals surface area contributed by atoms with E-state index in [1.54, 1.807) is 18.3 Å². The van der Waals surface area contributed by atoms with Crippen LogP contribution < -0.4 is 0 Å². The van der Waals surface area contributed by atoms with Crippen LogP contribution in [0.5, 0.6) is 0 Å². The van der Waals surface area contributed by atoms with E-state index in [0.29, 0.717) is 5.69 Å². The number of carbonyl (C=O) groups is 1. The Morgan fingerprint density at radius 2 is 2.10 bits per heavy atom. The van der Waals surface area contributed by atoms with Crippen LogP contribution >= 0.6 is 11.3 Å². The largest absolute Gasteiger partial charge is 0.358 e. The molecule has 3 aromatic rings. The molecule has 0 radical (unpaired) electrons. The Labute approximate surface area is 121 Å². The molecule has 4 heteroatoms. The molecule has 2 aromatic heterocycles. The molecule has 3 rings (SSSR count). The fraction of sp³-hybridized carbons (Fsp3) is 0.125. The average Bonchev–Trinajstić information content (AvgIpc) is 3.08. The number of hydrogen-bond donors (Lipinski definition) is 1. The molecule has 3 nitrogen and oxygen atoms in total. The third-order valence-corrected chi connectivity index (χ3v) is 4.02. The molecule has 100 valence electrons. The number of rotatable bonds is 3. The number of carbonyl (C=O) groups excluding carboxylic acids is 1. The van der Waals surface area contributed by atoms with Gasteiger partial charge in [-0.25, -0.2) is 4.98 Å². The highest BCUT2D eigenvalue weighted by Crippen LogP contribution is 2.29. The molecule has 0 unspecified atom stereocenters. The van der Waals surface area contributed by atoms with Gasteiger partial charge in [-0.3, -0.25) is 4.79 Å². The number of aryl methyl sites for hydroxylation is 1. The summed E-state index contributed by atoms with van der Waals surface area (Å²) in [5.74, 6) is 0.0328. The Morgan fingerprint density at radius 3 is 2.80 bits per heavy atom. The maximum absolute atomic E-state index is 11.3. The fourth-order valence-electron chi connectivity index (χ4n) is 2.06. The molecule has 0 bridgehead atoms. The third kappa shape index (κ3) is 2.42. The van der Waals surface area contributed by atoms with Gasteiger partial charge in [0.25, 0.3) is 0 Å². The van der Waals surface area contributed by atoms with Crippen molar-refractivity contribution in [3.8, 4) is 21.8 Å². The predicted molar refractivity (Wildman–Crippen MR) is 82.1 cm³/mol. The maximum Gasteiger partial charge on any atom is 0.175 e. The van der Waals surface area contributed by atoms with Gasteiger partial charge in [0.1, 0.15) is 5.01 Å². The Bertz CT molecular complexity index is 770. The molecule has 0 aliphatic rings. The number of thiazole rings is 1. The fourth-order valence-corrected chi connectivity index (χ4v) is 2.89. The first kappa shape index (κ1) is 12.8. The monoisotopic (exact) mass is 282 g/mol. The number of hydrogen-bond acceptors (Lipinski definition) is 3. The van der Waals surface area contributed by atoms with Crippen LogP contribution in [0.2, 0.25) is 0 Å². The van der Waals surface area contributed by atoms with Crippen LogP contribution in [0.1, 0.15) is 23.0 Å². The summed E-state index contributed by atoms with van der Waals surface area (Å²) in [5.41, 5.74) is 4.81. The molecule has 1 N–H and O–H groups in total. The van der Waals surface area contributed by atoms with Crippen molar-refractivity contribution in [1.29, 1.82) is 0 Å². The van der Waals surface area contributed by atoms with Crippen molar-refractivity contribution in [1.82, 2.24) is 9.97 Å². The highest BCUT2D eigenvalue weighted by Gasteiger charge is 2.10. The second-order valence-electron chi connectivity index (χ2n) is 4.77. The summed E-state index contributed by atoms with van der Waals surface area (Å²) in [5, 5.41) is 3.01. The average molecular weight is 282 g/mol. The number of H-pyrrole nitrogens is 1. The first-order valence-corrected chi connectivity index (χ1v) is 7.24. The third-order valence-electron chi connectivity index (χ3n) is 3.13. The number of aromatic nitrogens is 2. The molecular formula is C16H14N2OS. The minimum absolute atomic E-state index is 0.0328. The molecule has 0 amide bonds. The van der Waals surface area contributed by atoms with Crippen molar-refractivity contribution in [2.75, 3.05) is 0 Å². The Morgan fingerprint density at radius 1 is 1.25 bits per heavy atom. The van der Waals surface area contributed by atoms with E-state index < -0.39 is 0 Å². The molecule has 2 heterocycles. The normalized spacial score (nSPS) is 10.7. The highest BCUT2D eigenvalue weighted by atomic mass is 32.1. The molecule has 0 aliphatic carbocycles. The van der Waals surface area contributed by atoms with Crippen molar-refractivity contribution in [3.63, 3.8) is 0 Å². The van der Waals surface area contributed by atoms with Gasteiger partial charge in [-0.1, -0.05) is 23.8 Å². The van der Waals surface area contributed by atoms with E-state index in [4.69, 9.17) is 0 Å². The summed E-state index contributed by atoms with van der Waals surface area (Å²) in [7, 11) is 0. The molecule has 0 fully saturated rings. The van der Waals surface area contributed by atoms with Crippen LogP contribution in [0, 0.1) is 6.92 Å². The van der Waals surface area contributed by atoms with E-state index in [1.165, 1.54) is 5.56 Å². The zero-order valence-corrected chi connectivity index (χ0v) is 12.1. The minimum Gasteiger partial charge on any atom is -0.358 e. The quantitative estimate of drug-likeness (QED) is 0.727. The summed E-state index contributed by atoms with van der Waals surface area (Å²) in [6.07, 6.45) is 1.83. The second-order valence-corrected chi connectivity index (χ2v) is 5.62. The molecule has 0 aliphatic heterocycles. The van der Waals surface area contributed by atoms with Crippen LogP contribution in [-0.4, -0.2) is 15.8 Å². The van der Waals surface area contributed by atoms with Crippen LogP contribution in [0.4, 0.5) is 0 Å². The first-order valence-electron chi connectivity index (χ1n) is 6.36. The van der Waals surface area contributed by atoms with Crippen molar-refractivity contribution in [2.24, 2.45) is 0 Å². The van der Waals surface area contributed by atoms with Crippen LogP contribution in [0.25, 0.3) is 21.8 Å². The highest BCUT2D eigenvalue weighted by molar-refractivity contribution is 7.13. The van der Waals surface area contributed by atoms with Gasteiger partial charge in [0.05, 0.1) is 11.4 Å². The molecule has 0 spiro atoms. The van der Waals surface area contributed by atoms with Gasteiger partial charge in [-0.2, -0.15) is 0 Å². The summed E-state index contributed by atoms with van der Waals surface area (Å²) in [4.78, 5) is 18.9. The number of nitrogens with zero attached hydrogens (tertiary/aromatic N) is 1. The van der Waals surface area contributed by atoms with Gasteiger partial charge in [-0.05, 0) is 19.1 Å². The summed E-state index contributed by atoms with van der Waals surface area (Å²) < 4.78 is 0.